The maximum Gasteiger partial charge on any atom is 0.191 e. The van der Waals surface area contributed by atoms with Gasteiger partial charge in [-0.1, -0.05) is 48.5 Å². The van der Waals surface area contributed by atoms with E-state index in [0.29, 0.717) is 16.9 Å². The lowest BCUT2D eigenvalue weighted by Gasteiger charge is -2.01. The van der Waals surface area contributed by atoms with Gasteiger partial charge in [0.1, 0.15) is 11.5 Å². The predicted molar refractivity (Wildman–Crippen MR) is 112 cm³/mol. The molecule has 0 aliphatic carbocycles. The smallest absolute Gasteiger partial charge is 0.191 e. The number of hydrogen-bond donors (Lipinski definition) is 1. The number of anilines is 1. The van der Waals surface area contributed by atoms with Crippen LogP contribution in [0, 0.1) is 5.82 Å². The zero-order valence-electron chi connectivity index (χ0n) is 15.5. The van der Waals surface area contributed by atoms with Crippen molar-refractivity contribution in [2.75, 3.05) is 5.32 Å². The minimum Gasteiger partial charge on any atom is -0.362 e. The first-order valence-corrected chi connectivity index (χ1v) is 9.14. The number of nitrogens with one attached hydrogen (secondary N) is 1. The van der Waals surface area contributed by atoms with Crippen LogP contribution in [0.2, 0.25) is 0 Å². The van der Waals surface area contributed by atoms with Gasteiger partial charge >= 0.3 is 0 Å². The summed E-state index contributed by atoms with van der Waals surface area (Å²) in [4.78, 5) is 12.9. The molecular formula is C24H18FN3O. The summed E-state index contributed by atoms with van der Waals surface area (Å²) in [5, 5.41) is 7.62. The number of ketones is 1. The number of hydrogen-bond acceptors (Lipinski definition) is 3. The fraction of sp³-hybridized carbons (Fsp3) is 0. The molecule has 0 saturated carbocycles. The quantitative estimate of drug-likeness (QED) is 0.354. The lowest BCUT2D eigenvalue weighted by atomic mass is 10.1. The molecule has 29 heavy (non-hydrogen) atoms. The van der Waals surface area contributed by atoms with Crippen molar-refractivity contribution in [2.45, 2.75) is 0 Å². The van der Waals surface area contributed by atoms with Crippen LogP contribution in [0.15, 0.2) is 103 Å². The van der Waals surface area contributed by atoms with Gasteiger partial charge in [-0.05, 0) is 36.4 Å². The minimum atomic E-state index is -0.309. The monoisotopic (exact) mass is 383 g/mol. The third kappa shape index (κ3) is 4.30. The fourth-order valence-corrected chi connectivity index (χ4v) is 2.93. The van der Waals surface area contributed by atoms with E-state index in [1.807, 2.05) is 60.7 Å². The van der Waals surface area contributed by atoms with Gasteiger partial charge in [0.05, 0.1) is 11.3 Å². The van der Waals surface area contributed by atoms with Crippen LogP contribution in [0.1, 0.15) is 10.4 Å². The average molecular weight is 383 g/mol. The lowest BCUT2D eigenvalue weighted by Crippen LogP contribution is -1.97. The van der Waals surface area contributed by atoms with E-state index < -0.39 is 0 Å². The van der Waals surface area contributed by atoms with Gasteiger partial charge in [-0.15, -0.1) is 0 Å². The maximum absolute atomic E-state index is 13.0. The Balaban J connectivity index is 1.64. The van der Waals surface area contributed by atoms with E-state index in [9.17, 15) is 9.18 Å². The highest BCUT2D eigenvalue weighted by molar-refractivity contribution is 6.08. The Morgan fingerprint density at radius 3 is 2.24 bits per heavy atom. The molecular weight excluding hydrogens is 365 g/mol. The number of para-hydroxylation sites is 1. The molecule has 4 aromatic rings. The molecule has 0 fully saturated rings. The van der Waals surface area contributed by atoms with E-state index in [1.54, 1.807) is 29.2 Å². The Labute approximate surface area is 167 Å². The molecule has 0 aliphatic rings. The van der Waals surface area contributed by atoms with Gasteiger partial charge in [0.25, 0.3) is 0 Å². The Morgan fingerprint density at radius 1 is 0.897 bits per heavy atom. The summed E-state index contributed by atoms with van der Waals surface area (Å²) in [5.41, 5.74) is 3.55. The van der Waals surface area contributed by atoms with Gasteiger partial charge in [0, 0.05) is 29.7 Å². The van der Waals surface area contributed by atoms with E-state index in [-0.39, 0.29) is 11.6 Å². The first-order chi connectivity index (χ1) is 14.2. The van der Waals surface area contributed by atoms with Crippen molar-refractivity contribution in [3.05, 3.63) is 115 Å². The minimum absolute atomic E-state index is 0.180. The Bertz CT molecular complexity index is 1130. The SMILES string of the molecule is O=C(/C=C\Nc1ccc(F)cc1)c1cn(-c2ccccc2)nc1-c1ccccc1. The standard InChI is InChI=1S/C24H18FN3O/c25-19-11-13-20(14-12-19)26-16-15-23(29)22-17-28(21-9-5-2-6-10-21)27-24(22)18-7-3-1-4-8-18/h1-17,26H/b16-15-. The molecule has 5 heteroatoms. The normalized spacial score (nSPS) is 10.9. The summed E-state index contributed by atoms with van der Waals surface area (Å²) in [6.45, 7) is 0. The van der Waals surface area contributed by atoms with E-state index >= 15 is 0 Å². The van der Waals surface area contributed by atoms with Gasteiger partial charge in [0.15, 0.2) is 5.78 Å². The zero-order chi connectivity index (χ0) is 20.1. The largest absolute Gasteiger partial charge is 0.362 e. The lowest BCUT2D eigenvalue weighted by molar-refractivity contribution is 0.104. The number of allylic oxidation sites excluding steroid dienone is 1. The number of aromatic nitrogens is 2. The van der Waals surface area contributed by atoms with E-state index in [2.05, 4.69) is 10.4 Å². The molecule has 1 heterocycles. The van der Waals surface area contributed by atoms with Gasteiger partial charge in [0.2, 0.25) is 0 Å². The molecule has 0 unspecified atom stereocenters. The van der Waals surface area contributed by atoms with Crippen molar-refractivity contribution >= 4 is 11.5 Å². The van der Waals surface area contributed by atoms with E-state index in [1.165, 1.54) is 18.2 Å². The molecule has 0 amide bonds. The molecule has 0 aliphatic heterocycles. The zero-order valence-corrected chi connectivity index (χ0v) is 15.5. The summed E-state index contributed by atoms with van der Waals surface area (Å²) < 4.78 is 14.7. The Morgan fingerprint density at radius 2 is 1.55 bits per heavy atom. The average Bonchev–Trinajstić information content (AvgIpc) is 3.22. The second-order valence-corrected chi connectivity index (χ2v) is 6.39. The highest BCUT2D eigenvalue weighted by Crippen LogP contribution is 2.24. The fourth-order valence-electron chi connectivity index (χ4n) is 2.93. The van der Waals surface area contributed by atoms with Crippen LogP contribution in [-0.2, 0) is 0 Å². The molecule has 0 radical (unpaired) electrons. The predicted octanol–water partition coefficient (Wildman–Crippen LogP) is 5.49. The molecule has 142 valence electrons. The first-order valence-electron chi connectivity index (χ1n) is 9.14. The van der Waals surface area contributed by atoms with E-state index in [4.69, 9.17) is 0 Å². The number of halogens is 1. The number of carbonyl (C=O) groups is 1. The molecule has 1 N–H and O–H groups in total. The summed E-state index contributed by atoms with van der Waals surface area (Å²) >= 11 is 0. The highest BCUT2D eigenvalue weighted by atomic mass is 19.1. The van der Waals surface area contributed by atoms with Gasteiger partial charge in [-0.2, -0.15) is 5.10 Å². The van der Waals surface area contributed by atoms with Crippen molar-refractivity contribution in [3.63, 3.8) is 0 Å². The van der Waals surface area contributed by atoms with Crippen molar-refractivity contribution in [1.29, 1.82) is 0 Å². The molecule has 0 spiro atoms. The van der Waals surface area contributed by atoms with Crippen LogP contribution >= 0.6 is 0 Å². The highest BCUT2D eigenvalue weighted by Gasteiger charge is 2.16. The maximum atomic E-state index is 13.0. The second kappa shape index (κ2) is 8.35. The summed E-state index contributed by atoms with van der Waals surface area (Å²) in [7, 11) is 0. The Kier molecular flexibility index (Phi) is 5.29. The number of rotatable bonds is 6. The Hall–Kier alpha value is -3.99. The molecule has 4 nitrogen and oxygen atoms in total. The molecule has 3 aromatic carbocycles. The molecule has 1 aromatic heterocycles. The van der Waals surface area contributed by atoms with Gasteiger partial charge in [-0.25, -0.2) is 9.07 Å². The molecule has 4 rings (SSSR count). The summed E-state index contributed by atoms with van der Waals surface area (Å²) in [5.74, 6) is -0.489. The number of benzene rings is 3. The van der Waals surface area contributed by atoms with Gasteiger partial charge < -0.3 is 5.32 Å². The molecule has 0 atom stereocenters. The van der Waals surface area contributed by atoms with Crippen LogP contribution < -0.4 is 5.32 Å². The summed E-state index contributed by atoms with van der Waals surface area (Å²) in [6, 6.07) is 25.2. The van der Waals surface area contributed by atoms with Crippen molar-refractivity contribution < 1.29 is 9.18 Å². The van der Waals surface area contributed by atoms with Gasteiger partial charge in [-0.3, -0.25) is 4.79 Å². The summed E-state index contributed by atoms with van der Waals surface area (Å²) in [6.07, 6.45) is 4.73. The van der Waals surface area contributed by atoms with Crippen molar-refractivity contribution in [1.82, 2.24) is 9.78 Å². The van der Waals surface area contributed by atoms with Crippen LogP contribution in [-0.4, -0.2) is 15.6 Å². The van der Waals surface area contributed by atoms with Crippen molar-refractivity contribution in [3.8, 4) is 16.9 Å². The van der Waals surface area contributed by atoms with Crippen LogP contribution in [0.5, 0.6) is 0 Å². The third-order valence-corrected chi connectivity index (χ3v) is 4.38. The molecule has 0 bridgehead atoms. The first kappa shape index (κ1) is 18.4. The van der Waals surface area contributed by atoms with Crippen molar-refractivity contribution in [2.24, 2.45) is 0 Å². The third-order valence-electron chi connectivity index (χ3n) is 4.38. The van der Waals surface area contributed by atoms with Crippen LogP contribution in [0.25, 0.3) is 16.9 Å². The topological polar surface area (TPSA) is 46.9 Å². The van der Waals surface area contributed by atoms with E-state index in [0.717, 1.165) is 11.3 Å². The second-order valence-electron chi connectivity index (χ2n) is 6.39. The number of carbonyl (C=O) groups excluding carboxylic acids is 1. The number of nitrogens with zero attached hydrogens (tertiary/aromatic N) is 2. The van der Waals surface area contributed by atoms with Crippen LogP contribution in [0.3, 0.4) is 0 Å². The van der Waals surface area contributed by atoms with Crippen LogP contribution in [0.4, 0.5) is 10.1 Å². The molecule has 0 saturated heterocycles.